The molecule has 0 heterocycles. The predicted octanol–water partition coefficient (Wildman–Crippen LogP) is 2.83. The Bertz CT molecular complexity index is 932. The topological polar surface area (TPSA) is 94.4 Å². The standard InChI is InChI=1S/C12H8Cl3N2O4S2/c13-8-6-10(14)12(15)11(7-8)23(20,21)17-16-22(18,19)9-4-2-1-3-5-9/h1-7,16H. The third-order valence-electron chi connectivity index (χ3n) is 2.57. The first-order chi connectivity index (χ1) is 10.6. The first-order valence-corrected chi connectivity index (χ1v) is 9.87. The fourth-order valence-electron chi connectivity index (χ4n) is 1.52. The highest BCUT2D eigenvalue weighted by Gasteiger charge is 2.25. The molecule has 123 valence electrons. The smallest absolute Gasteiger partial charge is 0.206 e. The van der Waals surface area contributed by atoms with Crippen molar-refractivity contribution in [3.8, 4) is 0 Å². The van der Waals surface area contributed by atoms with Gasteiger partial charge in [-0.3, -0.25) is 0 Å². The minimum absolute atomic E-state index is 0.0130. The molecule has 0 atom stereocenters. The van der Waals surface area contributed by atoms with Gasteiger partial charge in [0, 0.05) is 5.02 Å². The van der Waals surface area contributed by atoms with E-state index < -0.39 is 24.9 Å². The van der Waals surface area contributed by atoms with Gasteiger partial charge >= 0.3 is 0 Å². The number of nitrogens with zero attached hydrogens (tertiary/aromatic N) is 1. The second-order valence-corrected chi connectivity index (χ2v) is 8.63. The number of benzene rings is 2. The van der Waals surface area contributed by atoms with Crippen LogP contribution in [-0.4, -0.2) is 16.8 Å². The summed E-state index contributed by atoms with van der Waals surface area (Å²) in [5, 5.41) is -0.392. The molecule has 0 fully saturated rings. The van der Waals surface area contributed by atoms with Crippen molar-refractivity contribution in [3.63, 3.8) is 0 Å². The van der Waals surface area contributed by atoms with Gasteiger partial charge in [-0.1, -0.05) is 53.0 Å². The fraction of sp³-hybridized carbons (Fsp3) is 0. The molecule has 0 bridgehead atoms. The maximum absolute atomic E-state index is 12.1. The Kier molecular flexibility index (Phi) is 5.57. The van der Waals surface area contributed by atoms with Gasteiger partial charge in [0.2, 0.25) is 0 Å². The van der Waals surface area contributed by atoms with Crippen LogP contribution in [0.5, 0.6) is 0 Å². The second kappa shape index (κ2) is 6.94. The fourth-order valence-corrected chi connectivity index (χ4v) is 4.65. The molecule has 0 aliphatic heterocycles. The minimum Gasteiger partial charge on any atom is -0.206 e. The molecule has 0 unspecified atom stereocenters. The molecule has 0 aromatic heterocycles. The van der Waals surface area contributed by atoms with E-state index in [-0.39, 0.29) is 20.0 Å². The van der Waals surface area contributed by atoms with Gasteiger partial charge < -0.3 is 0 Å². The van der Waals surface area contributed by atoms with Gasteiger partial charge in [0.1, 0.15) is 4.90 Å². The summed E-state index contributed by atoms with van der Waals surface area (Å²) < 4.78 is 48.2. The number of nitrogens with one attached hydrogen (secondary N) is 1. The summed E-state index contributed by atoms with van der Waals surface area (Å²) in [4.78, 5) is 4.04. The van der Waals surface area contributed by atoms with Crippen LogP contribution in [-0.2, 0) is 20.0 Å². The first-order valence-electron chi connectivity index (χ1n) is 5.82. The Morgan fingerprint density at radius 2 is 1.52 bits per heavy atom. The molecule has 2 aromatic carbocycles. The maximum Gasteiger partial charge on any atom is 0.274 e. The highest BCUT2D eigenvalue weighted by atomic mass is 35.5. The Balaban J connectivity index is 2.30. The highest BCUT2D eigenvalue weighted by molar-refractivity contribution is 7.92. The monoisotopic (exact) mass is 413 g/mol. The molecule has 0 saturated carbocycles. The Morgan fingerprint density at radius 3 is 2.13 bits per heavy atom. The van der Waals surface area contributed by atoms with Crippen molar-refractivity contribution in [3.05, 3.63) is 57.5 Å². The van der Waals surface area contributed by atoms with Crippen molar-refractivity contribution in [2.45, 2.75) is 9.79 Å². The molecule has 2 aromatic rings. The van der Waals surface area contributed by atoms with E-state index in [1.165, 1.54) is 30.3 Å². The molecule has 0 aliphatic carbocycles. The van der Waals surface area contributed by atoms with Gasteiger partial charge in [0.15, 0.2) is 0 Å². The van der Waals surface area contributed by atoms with E-state index in [4.69, 9.17) is 34.8 Å². The van der Waals surface area contributed by atoms with E-state index in [1.54, 1.807) is 10.9 Å². The van der Waals surface area contributed by atoms with Crippen molar-refractivity contribution >= 4 is 54.8 Å². The summed E-state index contributed by atoms with van der Waals surface area (Å²) in [5.74, 6) is 0. The highest BCUT2D eigenvalue weighted by Crippen LogP contribution is 2.32. The van der Waals surface area contributed by atoms with Crippen LogP contribution in [0.2, 0.25) is 15.1 Å². The van der Waals surface area contributed by atoms with Crippen LogP contribution < -0.4 is 9.66 Å². The molecular formula is C12H8Cl3N2O4S2. The lowest BCUT2D eigenvalue weighted by atomic mass is 10.4. The zero-order chi connectivity index (χ0) is 17.3. The predicted molar refractivity (Wildman–Crippen MR) is 87.6 cm³/mol. The van der Waals surface area contributed by atoms with Crippen molar-refractivity contribution in [2.24, 2.45) is 0 Å². The molecule has 1 radical (unpaired) electrons. The van der Waals surface area contributed by atoms with Crippen LogP contribution in [0.3, 0.4) is 0 Å². The Hall–Kier alpha value is -0.870. The van der Waals surface area contributed by atoms with Gasteiger partial charge in [0.05, 0.1) is 14.9 Å². The average Bonchev–Trinajstić information content (AvgIpc) is 2.50. The van der Waals surface area contributed by atoms with Gasteiger partial charge in [-0.25, -0.2) is 16.8 Å². The lowest BCUT2D eigenvalue weighted by molar-refractivity contribution is 0.555. The molecule has 6 nitrogen and oxygen atoms in total. The summed E-state index contributed by atoms with van der Waals surface area (Å²) in [6.07, 6.45) is 0. The molecule has 0 aliphatic rings. The average molecular weight is 415 g/mol. The summed E-state index contributed by atoms with van der Waals surface area (Å²) in [7, 11) is -8.58. The molecule has 1 N–H and O–H groups in total. The minimum atomic E-state index is -4.44. The third-order valence-corrected chi connectivity index (χ3v) is 6.25. The van der Waals surface area contributed by atoms with Crippen LogP contribution in [0, 0.1) is 0 Å². The van der Waals surface area contributed by atoms with Crippen LogP contribution in [0.1, 0.15) is 0 Å². The quantitative estimate of drug-likeness (QED) is 0.601. The maximum atomic E-state index is 12.1. The van der Waals surface area contributed by atoms with E-state index in [1.807, 2.05) is 0 Å². The zero-order valence-corrected chi connectivity index (χ0v) is 15.0. The van der Waals surface area contributed by atoms with Crippen molar-refractivity contribution in [1.82, 2.24) is 9.66 Å². The van der Waals surface area contributed by atoms with E-state index >= 15 is 0 Å². The Labute approximate surface area is 148 Å². The molecule has 2 rings (SSSR count). The molecule has 0 saturated heterocycles. The van der Waals surface area contributed by atoms with Gasteiger partial charge in [-0.2, -0.15) is 0 Å². The van der Waals surface area contributed by atoms with Gasteiger partial charge in [0.25, 0.3) is 20.0 Å². The summed E-state index contributed by atoms with van der Waals surface area (Å²) >= 11 is 17.3. The van der Waals surface area contributed by atoms with Crippen molar-refractivity contribution in [1.29, 1.82) is 0 Å². The lowest BCUT2D eigenvalue weighted by Gasteiger charge is -2.09. The molecule has 0 spiro atoms. The van der Waals surface area contributed by atoms with E-state index in [0.29, 0.717) is 0 Å². The molecule has 23 heavy (non-hydrogen) atoms. The zero-order valence-electron chi connectivity index (χ0n) is 11.1. The summed E-state index contributed by atoms with van der Waals surface area (Å²) in [5.41, 5.74) is 0. The van der Waals surface area contributed by atoms with Crippen molar-refractivity contribution in [2.75, 3.05) is 0 Å². The Morgan fingerprint density at radius 1 is 0.913 bits per heavy atom. The van der Waals surface area contributed by atoms with Crippen LogP contribution in [0.4, 0.5) is 0 Å². The van der Waals surface area contributed by atoms with Gasteiger partial charge in [-0.15, -0.1) is 4.83 Å². The SMILES string of the molecule is O=S(=O)([N]NS(=O)(=O)c1ccccc1)c1cc(Cl)cc(Cl)c1Cl. The summed E-state index contributed by atoms with van der Waals surface area (Å²) in [6, 6.07) is 9.42. The van der Waals surface area contributed by atoms with Crippen LogP contribution in [0.15, 0.2) is 52.3 Å². The number of hydrogen-bond donors (Lipinski definition) is 1. The molecule has 0 amide bonds. The van der Waals surface area contributed by atoms with E-state index in [0.717, 1.165) is 6.07 Å². The first kappa shape index (κ1) is 18.5. The third kappa shape index (κ3) is 4.36. The second-order valence-electron chi connectivity index (χ2n) is 4.17. The number of hydrogen-bond acceptors (Lipinski definition) is 4. The summed E-state index contributed by atoms with van der Waals surface area (Å²) in [6.45, 7) is 0. The van der Waals surface area contributed by atoms with Crippen LogP contribution in [0.25, 0.3) is 0 Å². The van der Waals surface area contributed by atoms with Crippen LogP contribution >= 0.6 is 34.8 Å². The number of halogens is 3. The molecule has 11 heteroatoms. The molecular weight excluding hydrogens is 407 g/mol. The number of sulfonamides is 2. The van der Waals surface area contributed by atoms with E-state index in [2.05, 4.69) is 4.83 Å². The van der Waals surface area contributed by atoms with E-state index in [9.17, 15) is 16.8 Å². The normalized spacial score (nSPS) is 12.3. The largest absolute Gasteiger partial charge is 0.274 e. The van der Waals surface area contributed by atoms with Crippen molar-refractivity contribution < 1.29 is 16.8 Å². The number of rotatable bonds is 5. The lowest BCUT2D eigenvalue weighted by Crippen LogP contribution is -2.35. The van der Waals surface area contributed by atoms with Gasteiger partial charge in [-0.05, 0) is 29.1 Å².